The van der Waals surface area contributed by atoms with E-state index in [4.69, 9.17) is 17.2 Å². The van der Waals surface area contributed by atoms with Gasteiger partial charge >= 0.3 is 5.97 Å². The van der Waals surface area contributed by atoms with E-state index >= 15 is 0 Å². The molecule has 0 aliphatic heterocycles. The summed E-state index contributed by atoms with van der Waals surface area (Å²) in [6.45, 7) is 20.1. The number of hydrogen-bond donors (Lipinski definition) is 15. The monoisotopic (exact) mass is 1060 g/mol. The van der Waals surface area contributed by atoms with E-state index in [2.05, 4.69) is 47.9 Å². The van der Waals surface area contributed by atoms with E-state index in [1.807, 2.05) is 0 Å². The lowest BCUT2D eigenvalue weighted by Gasteiger charge is -2.31. The second-order valence-electron chi connectivity index (χ2n) is 20.2. The normalized spacial score (nSPS) is 16.7. The Morgan fingerprint density at radius 2 is 0.743 bits per heavy atom. The molecule has 0 aliphatic rings. The number of carbonyl (C=O) groups is 12. The summed E-state index contributed by atoms with van der Waals surface area (Å²) >= 11 is 0. The molecule has 422 valence electrons. The Hall–Kier alpha value is -6.48. The zero-order valence-corrected chi connectivity index (χ0v) is 44.8. The minimum Gasteiger partial charge on any atom is -0.480 e. The van der Waals surface area contributed by atoms with Crippen molar-refractivity contribution in [3.05, 3.63) is 0 Å². The van der Waals surface area contributed by atoms with Gasteiger partial charge in [0.1, 0.15) is 54.4 Å². The van der Waals surface area contributed by atoms with Crippen LogP contribution in [0.25, 0.3) is 0 Å². The summed E-state index contributed by atoms with van der Waals surface area (Å²) in [6.07, 6.45) is -4.02. The molecule has 18 N–H and O–H groups in total. The lowest BCUT2D eigenvalue weighted by atomic mass is 9.95. The molecule has 0 aromatic heterocycles. The van der Waals surface area contributed by atoms with Crippen molar-refractivity contribution in [1.29, 1.82) is 0 Å². The Morgan fingerprint density at radius 3 is 1.14 bits per heavy atom. The van der Waals surface area contributed by atoms with E-state index in [1.165, 1.54) is 34.6 Å². The summed E-state index contributed by atoms with van der Waals surface area (Å²) in [5.41, 5.74) is 16.2. The fourth-order valence-corrected chi connectivity index (χ4v) is 7.14. The number of carboxylic acids is 1. The Labute approximate surface area is 432 Å². The van der Waals surface area contributed by atoms with E-state index in [9.17, 15) is 72.9 Å². The molecule has 13 atom stereocenters. The van der Waals surface area contributed by atoms with Crippen LogP contribution in [0.3, 0.4) is 0 Å². The standard InChI is InChI=1S/C47H84N12O15/c1-14-23(10)35(44(70)55-33(21(6)7)43(69)54-30(18-32(50)63)42(68)56-34(22(8)9)47(73)74)57-40(66)29(16-20(4)5)53-46(72)37(26(13)61)58-38(64)24(11)51-45(71)36(25(12)60)59-41(67)28(15-19(2)3)52-39(65)27(48)17-31(49)62/h19-30,33-37,60-61H,14-18,48H2,1-13H3,(H2,49,62)(H2,50,63)(H,51,71)(H,52,65)(H,53,72)(H,54,69)(H,55,70)(H,56,68)(H,57,66)(H,58,64)(H,59,67)(H,73,74)/t23-,24-,25+,26+,27-,28-,29-,30-,33-,34-,35-,36-,37-/m0/s1. The van der Waals surface area contributed by atoms with Gasteiger partial charge in [0, 0.05) is 0 Å². The van der Waals surface area contributed by atoms with Crippen LogP contribution in [0, 0.1) is 29.6 Å². The van der Waals surface area contributed by atoms with Crippen molar-refractivity contribution in [3.8, 4) is 0 Å². The van der Waals surface area contributed by atoms with E-state index in [-0.39, 0.29) is 24.7 Å². The predicted molar refractivity (Wildman–Crippen MR) is 268 cm³/mol. The second kappa shape index (κ2) is 32.0. The van der Waals surface area contributed by atoms with Crippen LogP contribution < -0.4 is 65.1 Å². The Kier molecular flexibility index (Phi) is 29.2. The Bertz CT molecular complexity index is 1980. The van der Waals surface area contributed by atoms with E-state index in [0.29, 0.717) is 6.42 Å². The third-order valence-electron chi connectivity index (χ3n) is 11.6. The van der Waals surface area contributed by atoms with Crippen LogP contribution >= 0.6 is 0 Å². The highest BCUT2D eigenvalue weighted by atomic mass is 16.4. The van der Waals surface area contributed by atoms with Gasteiger partial charge in [0.25, 0.3) is 0 Å². The largest absolute Gasteiger partial charge is 0.480 e. The molecule has 11 amide bonds. The average Bonchev–Trinajstić information content (AvgIpc) is 3.26. The van der Waals surface area contributed by atoms with Gasteiger partial charge in [-0.1, -0.05) is 75.7 Å². The fourth-order valence-electron chi connectivity index (χ4n) is 7.14. The van der Waals surface area contributed by atoms with Crippen molar-refractivity contribution in [3.63, 3.8) is 0 Å². The molecule has 0 heterocycles. The number of carbonyl (C=O) groups excluding carboxylic acids is 11. The maximum absolute atomic E-state index is 14.1. The summed E-state index contributed by atoms with van der Waals surface area (Å²) in [5, 5.41) is 52.6. The molecule has 27 heteroatoms. The van der Waals surface area contributed by atoms with Crippen LogP contribution in [0.5, 0.6) is 0 Å². The SMILES string of the molecule is CC[C@H](C)[C@H](NC(=O)[C@H](CC(C)C)NC(=O)[C@@H](NC(=O)[C@H](C)NC(=O)[C@@H](NC(=O)[C@H](CC(C)C)NC(=O)[C@@H](N)CC(N)=O)[C@@H](C)O)[C@@H](C)O)C(=O)N[C@H](C(=O)N[C@@H](CC(N)=O)C(=O)N[C@H](C(=O)O)C(C)C)C(C)C. The summed E-state index contributed by atoms with van der Waals surface area (Å²) in [4.78, 5) is 157. The van der Waals surface area contributed by atoms with Crippen LogP contribution in [0.2, 0.25) is 0 Å². The highest BCUT2D eigenvalue weighted by Gasteiger charge is 2.38. The van der Waals surface area contributed by atoms with Crippen molar-refractivity contribution in [2.45, 2.75) is 195 Å². The number of primary amides is 2. The molecular weight excluding hydrogens is 973 g/mol. The minimum atomic E-state index is -1.74. The molecule has 74 heavy (non-hydrogen) atoms. The number of aliphatic hydroxyl groups is 2. The molecule has 0 rings (SSSR count). The van der Waals surface area contributed by atoms with Crippen LogP contribution in [0.1, 0.15) is 122 Å². The van der Waals surface area contributed by atoms with Crippen LogP contribution in [0.4, 0.5) is 0 Å². The summed E-state index contributed by atoms with van der Waals surface area (Å²) in [5.74, 6) is -14.0. The van der Waals surface area contributed by atoms with Crippen molar-refractivity contribution in [2.75, 3.05) is 0 Å². The molecular formula is C47H84N12O15. The van der Waals surface area contributed by atoms with Gasteiger partial charge < -0.3 is 80.4 Å². The molecule has 0 saturated carbocycles. The molecule has 0 aliphatic carbocycles. The van der Waals surface area contributed by atoms with Crippen molar-refractivity contribution < 1.29 is 72.9 Å². The van der Waals surface area contributed by atoms with Gasteiger partial charge in [-0.2, -0.15) is 0 Å². The number of aliphatic hydroxyl groups excluding tert-OH is 2. The highest BCUT2D eigenvalue weighted by Crippen LogP contribution is 2.14. The van der Waals surface area contributed by atoms with Gasteiger partial charge in [-0.05, 0) is 63.2 Å². The first kappa shape index (κ1) is 67.5. The first-order valence-electron chi connectivity index (χ1n) is 24.7. The highest BCUT2D eigenvalue weighted by molar-refractivity contribution is 5.99. The molecule has 0 radical (unpaired) electrons. The fraction of sp³-hybridized carbons (Fsp3) is 0.745. The van der Waals surface area contributed by atoms with Gasteiger partial charge in [0.15, 0.2) is 0 Å². The molecule has 0 fully saturated rings. The van der Waals surface area contributed by atoms with Gasteiger partial charge in [0.05, 0.1) is 31.1 Å². The second-order valence-corrected chi connectivity index (χ2v) is 20.2. The Morgan fingerprint density at radius 1 is 0.405 bits per heavy atom. The van der Waals surface area contributed by atoms with Crippen LogP contribution in [-0.4, -0.2) is 159 Å². The first-order chi connectivity index (χ1) is 34.1. The van der Waals surface area contributed by atoms with Crippen molar-refractivity contribution >= 4 is 70.9 Å². The lowest BCUT2D eigenvalue weighted by molar-refractivity contribution is -0.143. The van der Waals surface area contributed by atoms with E-state index in [0.717, 1.165) is 0 Å². The predicted octanol–water partition coefficient (Wildman–Crippen LogP) is -4.26. The third kappa shape index (κ3) is 23.6. The third-order valence-corrected chi connectivity index (χ3v) is 11.6. The number of rotatable bonds is 33. The molecule has 27 nitrogen and oxygen atoms in total. The zero-order valence-electron chi connectivity index (χ0n) is 44.8. The molecule has 0 bridgehead atoms. The zero-order chi connectivity index (χ0) is 57.6. The molecule has 0 spiro atoms. The number of carboxylic acid groups (broad SMARTS) is 1. The molecule has 0 saturated heterocycles. The lowest BCUT2D eigenvalue weighted by Crippen LogP contribution is -2.63. The first-order valence-corrected chi connectivity index (χ1v) is 24.7. The quantitative estimate of drug-likeness (QED) is 0.0296. The van der Waals surface area contributed by atoms with Crippen LogP contribution in [0.15, 0.2) is 0 Å². The number of nitrogens with two attached hydrogens (primary N) is 3. The van der Waals surface area contributed by atoms with Crippen molar-refractivity contribution in [1.82, 2.24) is 47.9 Å². The smallest absolute Gasteiger partial charge is 0.326 e. The van der Waals surface area contributed by atoms with Gasteiger partial charge in [0.2, 0.25) is 65.0 Å². The van der Waals surface area contributed by atoms with E-state index in [1.54, 1.807) is 55.4 Å². The van der Waals surface area contributed by atoms with Crippen LogP contribution in [-0.2, 0) is 57.5 Å². The molecule has 0 aromatic rings. The molecule has 0 unspecified atom stereocenters. The number of nitrogens with one attached hydrogen (secondary N) is 9. The number of hydrogen-bond acceptors (Lipinski definition) is 15. The number of amides is 11. The summed E-state index contributed by atoms with van der Waals surface area (Å²) < 4.78 is 0. The van der Waals surface area contributed by atoms with Crippen molar-refractivity contribution in [2.24, 2.45) is 46.8 Å². The minimum absolute atomic E-state index is 0.0203. The maximum Gasteiger partial charge on any atom is 0.326 e. The average molecular weight is 1060 g/mol. The summed E-state index contributed by atoms with van der Waals surface area (Å²) in [7, 11) is 0. The van der Waals surface area contributed by atoms with Gasteiger partial charge in [-0.3, -0.25) is 52.7 Å². The maximum atomic E-state index is 14.1. The number of aliphatic carboxylic acids is 1. The van der Waals surface area contributed by atoms with E-state index < -0.39 is 174 Å². The topological polar surface area (TPSA) is 452 Å². The Balaban J connectivity index is 6.37. The molecule has 0 aromatic carbocycles. The summed E-state index contributed by atoms with van der Waals surface area (Å²) in [6, 6.07) is -14.6. The van der Waals surface area contributed by atoms with Gasteiger partial charge in [-0.25, -0.2) is 4.79 Å². The van der Waals surface area contributed by atoms with Gasteiger partial charge in [-0.15, -0.1) is 0 Å².